The highest BCUT2D eigenvalue weighted by molar-refractivity contribution is 5.89. The monoisotopic (exact) mass is 306 g/mol. The van der Waals surface area contributed by atoms with Crippen molar-refractivity contribution in [3.8, 4) is 11.5 Å². The summed E-state index contributed by atoms with van der Waals surface area (Å²) < 4.78 is 10.8. The van der Waals surface area contributed by atoms with E-state index in [9.17, 15) is 4.79 Å². The molecule has 114 valence electrons. The molecule has 4 rings (SSSR count). The third-order valence-corrected chi connectivity index (χ3v) is 3.99. The van der Waals surface area contributed by atoms with Crippen LogP contribution in [-0.4, -0.2) is 18.2 Å². The van der Waals surface area contributed by atoms with Crippen LogP contribution in [0.2, 0.25) is 0 Å². The second-order valence-corrected chi connectivity index (χ2v) is 5.26. The fourth-order valence-corrected chi connectivity index (χ4v) is 3.00. The second-order valence-electron chi connectivity index (χ2n) is 5.26. The maximum atomic E-state index is 12.0. The number of rotatable bonds is 2. The van der Waals surface area contributed by atoms with Gasteiger partial charge in [-0.15, -0.1) is 0 Å². The molecule has 1 N–H and O–H groups in total. The summed E-state index contributed by atoms with van der Waals surface area (Å²) in [4.78, 5) is 16.3. The van der Waals surface area contributed by atoms with E-state index in [0.29, 0.717) is 11.5 Å². The van der Waals surface area contributed by atoms with Gasteiger partial charge in [0.1, 0.15) is 11.5 Å². The van der Waals surface area contributed by atoms with E-state index in [2.05, 4.69) is 10.3 Å². The highest BCUT2D eigenvalue weighted by atomic mass is 16.6. The summed E-state index contributed by atoms with van der Waals surface area (Å²) in [5.74, 6) is 1.26. The second kappa shape index (κ2) is 5.28. The molecular weight excluding hydrogens is 292 g/mol. The van der Waals surface area contributed by atoms with Crippen LogP contribution in [0, 0.1) is 0 Å². The van der Waals surface area contributed by atoms with Crippen molar-refractivity contribution in [2.24, 2.45) is 0 Å². The molecule has 0 saturated heterocycles. The Hall–Kier alpha value is -3.08. The van der Waals surface area contributed by atoms with Crippen LogP contribution >= 0.6 is 0 Å². The Morgan fingerprint density at radius 1 is 1.13 bits per heavy atom. The maximum absolute atomic E-state index is 12.0. The number of amides is 1. The van der Waals surface area contributed by atoms with E-state index in [0.717, 1.165) is 22.0 Å². The Labute approximate surface area is 132 Å². The average molecular weight is 306 g/mol. The lowest BCUT2D eigenvalue weighted by molar-refractivity contribution is 0.191. The molecule has 1 aromatic heterocycles. The van der Waals surface area contributed by atoms with Crippen molar-refractivity contribution in [2.45, 2.75) is 6.04 Å². The number of nitrogens with zero attached hydrogens (tertiary/aromatic N) is 1. The summed E-state index contributed by atoms with van der Waals surface area (Å²) >= 11 is 0. The Balaban J connectivity index is 2.00. The summed E-state index contributed by atoms with van der Waals surface area (Å²) in [6.45, 7) is 0. The molecule has 2 heterocycles. The zero-order chi connectivity index (χ0) is 15.8. The molecule has 1 aliphatic heterocycles. The van der Waals surface area contributed by atoms with E-state index in [1.54, 1.807) is 19.4 Å². The number of pyridine rings is 1. The van der Waals surface area contributed by atoms with Crippen molar-refractivity contribution in [2.75, 3.05) is 7.11 Å². The fourth-order valence-electron chi connectivity index (χ4n) is 3.00. The van der Waals surface area contributed by atoms with Crippen molar-refractivity contribution in [3.63, 3.8) is 0 Å². The summed E-state index contributed by atoms with van der Waals surface area (Å²) in [7, 11) is 1.62. The number of benzene rings is 2. The largest absolute Gasteiger partial charge is 0.496 e. The van der Waals surface area contributed by atoms with Gasteiger partial charge in [0.15, 0.2) is 0 Å². The fraction of sp³-hybridized carbons (Fsp3) is 0.111. The number of ether oxygens (including phenoxy) is 2. The van der Waals surface area contributed by atoms with E-state index in [4.69, 9.17) is 9.47 Å². The van der Waals surface area contributed by atoms with Crippen molar-refractivity contribution in [1.29, 1.82) is 0 Å². The third-order valence-electron chi connectivity index (χ3n) is 3.99. The number of aromatic nitrogens is 1. The molecule has 0 saturated carbocycles. The molecular formula is C18H14N2O3. The predicted octanol–water partition coefficient (Wildman–Crippen LogP) is 3.43. The first-order chi connectivity index (χ1) is 11.3. The Morgan fingerprint density at radius 2 is 2.00 bits per heavy atom. The molecule has 2 aromatic carbocycles. The molecule has 0 aliphatic carbocycles. The van der Waals surface area contributed by atoms with E-state index < -0.39 is 6.09 Å². The molecule has 5 heteroatoms. The van der Waals surface area contributed by atoms with Gasteiger partial charge in [0.25, 0.3) is 0 Å². The number of fused-ring (bicyclic) bond motifs is 3. The van der Waals surface area contributed by atoms with E-state index in [1.807, 2.05) is 42.5 Å². The zero-order valence-electron chi connectivity index (χ0n) is 12.4. The normalized spacial score (nSPS) is 16.4. The molecule has 1 unspecified atom stereocenters. The maximum Gasteiger partial charge on any atom is 0.413 e. The highest BCUT2D eigenvalue weighted by Crippen LogP contribution is 2.40. The van der Waals surface area contributed by atoms with Gasteiger partial charge in [0, 0.05) is 22.7 Å². The molecule has 0 bridgehead atoms. The van der Waals surface area contributed by atoms with Gasteiger partial charge < -0.3 is 14.8 Å². The number of methoxy groups -OCH3 is 1. The highest BCUT2D eigenvalue weighted by Gasteiger charge is 2.31. The molecule has 0 spiro atoms. The third kappa shape index (κ3) is 2.17. The standard InChI is InChI=1S/C18H14N2O3/c1-22-14-7-3-2-5-12(14)17-16-11-6-4-10-19-13(11)8-9-15(16)23-18(21)20-17/h2-10,17H,1H3,(H,20,21). The van der Waals surface area contributed by atoms with E-state index in [1.165, 1.54) is 0 Å². The minimum Gasteiger partial charge on any atom is -0.496 e. The number of carbonyl (C=O) groups is 1. The SMILES string of the molecule is COc1ccccc1C1NC(=O)Oc2ccc3ncccc3c21. The van der Waals surface area contributed by atoms with Crippen molar-refractivity contribution >= 4 is 17.0 Å². The number of carbonyl (C=O) groups excluding carboxylic acids is 1. The lowest BCUT2D eigenvalue weighted by Crippen LogP contribution is -2.36. The topological polar surface area (TPSA) is 60.5 Å². The smallest absolute Gasteiger partial charge is 0.413 e. The summed E-state index contributed by atoms with van der Waals surface area (Å²) in [6.07, 6.45) is 1.27. The Morgan fingerprint density at radius 3 is 2.87 bits per heavy atom. The number of para-hydroxylation sites is 1. The van der Waals surface area contributed by atoms with Gasteiger partial charge in [-0.05, 0) is 24.3 Å². The average Bonchev–Trinajstić information content (AvgIpc) is 2.60. The quantitative estimate of drug-likeness (QED) is 0.788. The van der Waals surface area contributed by atoms with Gasteiger partial charge in [0.05, 0.1) is 18.7 Å². The van der Waals surface area contributed by atoms with E-state index >= 15 is 0 Å². The van der Waals surface area contributed by atoms with Crippen LogP contribution in [0.1, 0.15) is 17.2 Å². The first kappa shape index (κ1) is 13.6. The van der Waals surface area contributed by atoms with E-state index in [-0.39, 0.29) is 6.04 Å². The molecule has 0 radical (unpaired) electrons. The van der Waals surface area contributed by atoms with Crippen LogP contribution in [0.3, 0.4) is 0 Å². The van der Waals surface area contributed by atoms with Gasteiger partial charge in [0.2, 0.25) is 0 Å². The van der Waals surface area contributed by atoms with Crippen LogP contribution in [0.5, 0.6) is 11.5 Å². The first-order valence-corrected chi connectivity index (χ1v) is 7.27. The van der Waals surface area contributed by atoms with Crippen LogP contribution in [0.4, 0.5) is 4.79 Å². The van der Waals surface area contributed by atoms with Gasteiger partial charge >= 0.3 is 6.09 Å². The zero-order valence-corrected chi connectivity index (χ0v) is 12.4. The van der Waals surface area contributed by atoms with Gasteiger partial charge in [-0.25, -0.2) is 4.79 Å². The minimum atomic E-state index is -0.475. The number of hydrogen-bond donors (Lipinski definition) is 1. The van der Waals surface area contributed by atoms with Crippen molar-refractivity contribution in [3.05, 3.63) is 65.9 Å². The van der Waals surface area contributed by atoms with Crippen molar-refractivity contribution in [1.82, 2.24) is 10.3 Å². The van der Waals surface area contributed by atoms with Crippen LogP contribution in [0.25, 0.3) is 10.9 Å². The molecule has 0 fully saturated rings. The summed E-state index contributed by atoms with van der Waals surface area (Å²) in [5, 5.41) is 3.83. The molecule has 1 atom stereocenters. The van der Waals surface area contributed by atoms with Gasteiger partial charge in [-0.1, -0.05) is 24.3 Å². The predicted molar refractivity (Wildman–Crippen MR) is 85.7 cm³/mol. The van der Waals surface area contributed by atoms with Crippen LogP contribution < -0.4 is 14.8 Å². The van der Waals surface area contributed by atoms with Gasteiger partial charge in [-0.3, -0.25) is 4.98 Å². The lowest BCUT2D eigenvalue weighted by Gasteiger charge is -2.28. The number of hydrogen-bond acceptors (Lipinski definition) is 4. The lowest BCUT2D eigenvalue weighted by atomic mass is 9.93. The van der Waals surface area contributed by atoms with Crippen LogP contribution in [0.15, 0.2) is 54.7 Å². The number of nitrogens with one attached hydrogen (secondary N) is 1. The molecule has 1 aliphatic rings. The van der Waals surface area contributed by atoms with Crippen molar-refractivity contribution < 1.29 is 14.3 Å². The van der Waals surface area contributed by atoms with Gasteiger partial charge in [-0.2, -0.15) is 0 Å². The molecule has 1 amide bonds. The summed E-state index contributed by atoms with van der Waals surface area (Å²) in [5.41, 5.74) is 2.62. The Kier molecular flexibility index (Phi) is 3.12. The van der Waals surface area contributed by atoms with Crippen LogP contribution in [-0.2, 0) is 0 Å². The molecule has 23 heavy (non-hydrogen) atoms. The summed E-state index contributed by atoms with van der Waals surface area (Å²) in [6, 6.07) is 14.8. The molecule has 3 aromatic rings. The first-order valence-electron chi connectivity index (χ1n) is 7.27. The molecule has 5 nitrogen and oxygen atoms in total. The minimum absolute atomic E-state index is 0.352. The Bertz CT molecular complexity index is 908.